The van der Waals surface area contributed by atoms with Gasteiger partial charge >= 0.3 is 0 Å². The molecule has 1 heterocycles. The van der Waals surface area contributed by atoms with Crippen molar-refractivity contribution in [2.75, 3.05) is 40.0 Å². The minimum Gasteiger partial charge on any atom is -0.385 e. The highest BCUT2D eigenvalue weighted by Gasteiger charge is 2.14. The number of hydrogen-bond donors (Lipinski definition) is 1. The van der Waals surface area contributed by atoms with E-state index in [-0.39, 0.29) is 0 Å². The Labute approximate surface area is 80.8 Å². The van der Waals surface area contributed by atoms with Gasteiger partial charge in [0, 0.05) is 26.9 Å². The van der Waals surface area contributed by atoms with Crippen molar-refractivity contribution in [2.24, 2.45) is 5.92 Å². The van der Waals surface area contributed by atoms with Crippen molar-refractivity contribution in [3.8, 4) is 0 Å². The molecular weight excluding hydrogens is 166 g/mol. The number of ether oxygens (including phenoxy) is 2. The van der Waals surface area contributed by atoms with Crippen LogP contribution in [0, 0.1) is 5.92 Å². The summed E-state index contributed by atoms with van der Waals surface area (Å²) in [5.74, 6) is 0.752. The van der Waals surface area contributed by atoms with Gasteiger partial charge in [-0.15, -0.1) is 0 Å². The average molecular weight is 187 g/mol. The lowest BCUT2D eigenvalue weighted by Crippen LogP contribution is -2.24. The minimum atomic E-state index is 0.752. The molecule has 1 atom stereocenters. The van der Waals surface area contributed by atoms with E-state index in [0.717, 1.165) is 45.2 Å². The predicted molar refractivity (Wildman–Crippen MR) is 52.9 cm³/mol. The lowest BCUT2D eigenvalue weighted by molar-refractivity contribution is 0.184. The molecule has 0 aromatic heterocycles. The molecule has 0 spiro atoms. The van der Waals surface area contributed by atoms with Crippen molar-refractivity contribution < 1.29 is 9.47 Å². The second kappa shape index (κ2) is 7.30. The largest absolute Gasteiger partial charge is 0.385 e. The molecular formula is C10H21NO2. The van der Waals surface area contributed by atoms with Crippen molar-refractivity contribution in [1.82, 2.24) is 5.32 Å². The average Bonchev–Trinajstić information content (AvgIpc) is 2.63. The molecule has 1 rings (SSSR count). The molecule has 1 fully saturated rings. The first kappa shape index (κ1) is 11.0. The Morgan fingerprint density at radius 1 is 1.46 bits per heavy atom. The molecule has 0 aromatic carbocycles. The van der Waals surface area contributed by atoms with Crippen LogP contribution in [0.3, 0.4) is 0 Å². The summed E-state index contributed by atoms with van der Waals surface area (Å²) in [6, 6.07) is 0. The van der Waals surface area contributed by atoms with Gasteiger partial charge in [-0.05, 0) is 31.7 Å². The molecule has 3 nitrogen and oxygen atoms in total. The zero-order chi connectivity index (χ0) is 9.36. The first-order valence-corrected chi connectivity index (χ1v) is 5.21. The maximum Gasteiger partial charge on any atom is 0.0507 e. The van der Waals surface area contributed by atoms with Crippen molar-refractivity contribution >= 4 is 0 Å². The fourth-order valence-corrected chi connectivity index (χ4v) is 1.55. The van der Waals surface area contributed by atoms with Crippen molar-refractivity contribution in [1.29, 1.82) is 0 Å². The monoisotopic (exact) mass is 187 g/mol. The van der Waals surface area contributed by atoms with Crippen LogP contribution in [0.2, 0.25) is 0 Å². The van der Waals surface area contributed by atoms with E-state index in [9.17, 15) is 0 Å². The van der Waals surface area contributed by atoms with Gasteiger partial charge in [0.1, 0.15) is 0 Å². The molecule has 1 aliphatic rings. The van der Waals surface area contributed by atoms with Gasteiger partial charge < -0.3 is 14.8 Å². The van der Waals surface area contributed by atoms with Crippen LogP contribution in [0.4, 0.5) is 0 Å². The summed E-state index contributed by atoms with van der Waals surface area (Å²) < 4.78 is 10.3. The SMILES string of the molecule is COCCCCNCC1CCOC1. The summed E-state index contributed by atoms with van der Waals surface area (Å²) in [5, 5.41) is 3.45. The summed E-state index contributed by atoms with van der Waals surface area (Å²) in [6.45, 7) is 5.02. The number of nitrogens with one attached hydrogen (secondary N) is 1. The van der Waals surface area contributed by atoms with Crippen molar-refractivity contribution in [2.45, 2.75) is 19.3 Å². The topological polar surface area (TPSA) is 30.5 Å². The summed E-state index contributed by atoms with van der Waals surface area (Å²) in [4.78, 5) is 0. The van der Waals surface area contributed by atoms with Gasteiger partial charge in [0.05, 0.1) is 6.61 Å². The lowest BCUT2D eigenvalue weighted by Gasteiger charge is -2.08. The van der Waals surface area contributed by atoms with Crippen LogP contribution in [0.15, 0.2) is 0 Å². The van der Waals surface area contributed by atoms with E-state index in [0.29, 0.717) is 0 Å². The molecule has 3 heteroatoms. The van der Waals surface area contributed by atoms with Crippen molar-refractivity contribution in [3.63, 3.8) is 0 Å². The summed E-state index contributed by atoms with van der Waals surface area (Å²) in [5.41, 5.74) is 0. The molecule has 1 aliphatic heterocycles. The number of unbranched alkanes of at least 4 members (excludes halogenated alkanes) is 1. The van der Waals surface area contributed by atoms with E-state index in [1.807, 2.05) is 0 Å². The van der Waals surface area contributed by atoms with Gasteiger partial charge in [-0.3, -0.25) is 0 Å². The van der Waals surface area contributed by atoms with Gasteiger partial charge in [-0.1, -0.05) is 0 Å². The van der Waals surface area contributed by atoms with Gasteiger partial charge in [0.15, 0.2) is 0 Å². The van der Waals surface area contributed by atoms with E-state index in [2.05, 4.69) is 5.32 Å². The molecule has 0 amide bonds. The lowest BCUT2D eigenvalue weighted by atomic mass is 10.1. The van der Waals surface area contributed by atoms with Crippen LogP contribution in [-0.2, 0) is 9.47 Å². The molecule has 0 aromatic rings. The molecule has 1 N–H and O–H groups in total. The third-order valence-electron chi connectivity index (χ3n) is 2.41. The Kier molecular flexibility index (Phi) is 6.15. The van der Waals surface area contributed by atoms with Gasteiger partial charge in [-0.2, -0.15) is 0 Å². The van der Waals surface area contributed by atoms with E-state index >= 15 is 0 Å². The van der Waals surface area contributed by atoms with Crippen molar-refractivity contribution in [3.05, 3.63) is 0 Å². The zero-order valence-electron chi connectivity index (χ0n) is 8.55. The molecule has 0 bridgehead atoms. The van der Waals surface area contributed by atoms with Crippen LogP contribution in [-0.4, -0.2) is 40.0 Å². The highest BCUT2D eigenvalue weighted by atomic mass is 16.5. The second-order valence-corrected chi connectivity index (χ2v) is 3.63. The Morgan fingerprint density at radius 2 is 2.38 bits per heavy atom. The number of rotatable bonds is 7. The first-order chi connectivity index (χ1) is 6.43. The maximum absolute atomic E-state index is 5.29. The molecule has 1 unspecified atom stereocenters. The number of hydrogen-bond acceptors (Lipinski definition) is 3. The second-order valence-electron chi connectivity index (χ2n) is 3.63. The van der Waals surface area contributed by atoms with Crippen LogP contribution >= 0.6 is 0 Å². The van der Waals surface area contributed by atoms with Gasteiger partial charge in [0.2, 0.25) is 0 Å². The summed E-state index contributed by atoms with van der Waals surface area (Å²) in [7, 11) is 1.75. The molecule has 0 saturated carbocycles. The Balaban J connectivity index is 1.78. The van der Waals surface area contributed by atoms with E-state index < -0.39 is 0 Å². The standard InChI is InChI=1S/C10H21NO2/c1-12-6-3-2-5-11-8-10-4-7-13-9-10/h10-11H,2-9H2,1H3. The van der Waals surface area contributed by atoms with Gasteiger partial charge in [0.25, 0.3) is 0 Å². The molecule has 0 radical (unpaired) electrons. The normalized spacial score (nSPS) is 22.4. The van der Waals surface area contributed by atoms with E-state index in [1.165, 1.54) is 12.8 Å². The van der Waals surface area contributed by atoms with Crippen LogP contribution in [0.1, 0.15) is 19.3 Å². The van der Waals surface area contributed by atoms with Crippen LogP contribution < -0.4 is 5.32 Å². The molecule has 0 aliphatic carbocycles. The summed E-state index contributed by atoms with van der Waals surface area (Å²) >= 11 is 0. The van der Waals surface area contributed by atoms with Crippen LogP contribution in [0.5, 0.6) is 0 Å². The minimum absolute atomic E-state index is 0.752. The van der Waals surface area contributed by atoms with E-state index in [4.69, 9.17) is 9.47 Å². The van der Waals surface area contributed by atoms with Gasteiger partial charge in [-0.25, -0.2) is 0 Å². The first-order valence-electron chi connectivity index (χ1n) is 5.21. The summed E-state index contributed by atoms with van der Waals surface area (Å²) in [6.07, 6.45) is 3.59. The third kappa shape index (κ3) is 5.24. The highest BCUT2D eigenvalue weighted by molar-refractivity contribution is 4.66. The quantitative estimate of drug-likeness (QED) is 0.604. The third-order valence-corrected chi connectivity index (χ3v) is 2.41. The zero-order valence-corrected chi connectivity index (χ0v) is 8.55. The fourth-order valence-electron chi connectivity index (χ4n) is 1.55. The fraction of sp³-hybridized carbons (Fsp3) is 1.00. The maximum atomic E-state index is 5.29. The Bertz CT molecular complexity index is 113. The number of methoxy groups -OCH3 is 1. The smallest absolute Gasteiger partial charge is 0.0507 e. The predicted octanol–water partition coefficient (Wildman–Crippen LogP) is 1.04. The highest BCUT2D eigenvalue weighted by Crippen LogP contribution is 2.10. The molecule has 1 saturated heterocycles. The molecule has 13 heavy (non-hydrogen) atoms. The Morgan fingerprint density at radius 3 is 3.08 bits per heavy atom. The molecule has 78 valence electrons. The van der Waals surface area contributed by atoms with E-state index in [1.54, 1.807) is 7.11 Å². The van der Waals surface area contributed by atoms with Crippen LogP contribution in [0.25, 0.3) is 0 Å². The Hall–Kier alpha value is -0.120.